The largest absolute Gasteiger partial charge is 0.376 e. The Balaban J connectivity index is 2.11. The van der Waals surface area contributed by atoms with Crippen LogP contribution in [-0.4, -0.2) is 41.8 Å². The van der Waals surface area contributed by atoms with Crippen molar-refractivity contribution in [1.82, 2.24) is 9.36 Å². The number of aryl methyl sites for hydroxylation is 1. The van der Waals surface area contributed by atoms with Gasteiger partial charge in [0.25, 0.3) is 0 Å². The Morgan fingerprint density at radius 3 is 2.86 bits per heavy atom. The number of halogens is 1. The van der Waals surface area contributed by atoms with Crippen LogP contribution in [0.5, 0.6) is 0 Å². The first-order valence-electron chi connectivity index (χ1n) is 4.43. The fourth-order valence-corrected chi connectivity index (χ4v) is 2.13. The van der Waals surface area contributed by atoms with Crippen molar-refractivity contribution in [3.63, 3.8) is 0 Å². The van der Waals surface area contributed by atoms with Gasteiger partial charge in [-0.2, -0.15) is 4.37 Å². The number of aromatic nitrogens is 2. The van der Waals surface area contributed by atoms with Crippen molar-refractivity contribution in [2.75, 3.05) is 25.2 Å². The zero-order chi connectivity index (χ0) is 10.1. The lowest BCUT2D eigenvalue weighted by atomic mass is 10.2. The second-order valence-corrected chi connectivity index (χ2v) is 4.09. The maximum absolute atomic E-state index is 13.3. The zero-order valence-electron chi connectivity index (χ0n) is 8.11. The van der Waals surface area contributed by atoms with E-state index in [-0.39, 0.29) is 12.6 Å². The summed E-state index contributed by atoms with van der Waals surface area (Å²) in [6.07, 6.45) is -0.927. The third kappa shape index (κ3) is 1.72. The summed E-state index contributed by atoms with van der Waals surface area (Å²) in [5.41, 5.74) is 0. The molecule has 1 fully saturated rings. The molecule has 2 heterocycles. The van der Waals surface area contributed by atoms with E-state index in [9.17, 15) is 4.39 Å². The molecule has 0 aromatic carbocycles. The summed E-state index contributed by atoms with van der Waals surface area (Å²) < 4.78 is 22.4. The van der Waals surface area contributed by atoms with E-state index in [1.54, 1.807) is 0 Å². The number of hydrogen-bond donors (Lipinski definition) is 0. The molecule has 14 heavy (non-hydrogen) atoms. The van der Waals surface area contributed by atoms with Gasteiger partial charge in [0, 0.05) is 18.6 Å². The maximum Gasteiger partial charge on any atom is 0.205 e. The first-order chi connectivity index (χ1) is 6.68. The number of likely N-dealkylation sites (N-methyl/N-ethyl adjacent to an activating group) is 1. The first kappa shape index (κ1) is 9.79. The molecule has 1 aliphatic heterocycles. The standard InChI is InChI=1S/C8H12FN3OS/c1-5-10-8(14-11-5)12(2)7-4-13-3-6(7)9/h6-7H,3-4H2,1-2H3. The van der Waals surface area contributed by atoms with Gasteiger partial charge in [0.2, 0.25) is 5.13 Å². The van der Waals surface area contributed by atoms with Gasteiger partial charge >= 0.3 is 0 Å². The van der Waals surface area contributed by atoms with Crippen LogP contribution in [0.25, 0.3) is 0 Å². The van der Waals surface area contributed by atoms with Gasteiger partial charge in [0.1, 0.15) is 12.0 Å². The molecule has 2 atom stereocenters. The Morgan fingerprint density at radius 2 is 2.36 bits per heavy atom. The smallest absolute Gasteiger partial charge is 0.205 e. The van der Waals surface area contributed by atoms with Gasteiger partial charge in [0.05, 0.1) is 19.3 Å². The van der Waals surface area contributed by atoms with Crippen LogP contribution in [0.15, 0.2) is 0 Å². The molecule has 0 spiro atoms. The van der Waals surface area contributed by atoms with Crippen molar-refractivity contribution in [2.45, 2.75) is 19.1 Å². The van der Waals surface area contributed by atoms with Crippen molar-refractivity contribution in [1.29, 1.82) is 0 Å². The van der Waals surface area contributed by atoms with Crippen molar-refractivity contribution in [2.24, 2.45) is 0 Å². The van der Waals surface area contributed by atoms with Crippen molar-refractivity contribution in [3.8, 4) is 0 Å². The summed E-state index contributed by atoms with van der Waals surface area (Å²) in [5, 5.41) is 0.751. The lowest BCUT2D eigenvalue weighted by Crippen LogP contribution is -2.38. The molecule has 6 heteroatoms. The average Bonchev–Trinajstić information content (AvgIpc) is 2.73. The van der Waals surface area contributed by atoms with E-state index in [2.05, 4.69) is 9.36 Å². The molecular weight excluding hydrogens is 205 g/mol. The molecule has 2 rings (SSSR count). The molecule has 0 bridgehead atoms. The fraction of sp³-hybridized carbons (Fsp3) is 0.750. The number of rotatable bonds is 2. The Hall–Kier alpha value is -0.750. The number of anilines is 1. The monoisotopic (exact) mass is 217 g/mol. The molecule has 1 aromatic rings. The van der Waals surface area contributed by atoms with Crippen molar-refractivity contribution < 1.29 is 9.13 Å². The normalized spacial score (nSPS) is 26.8. The fourth-order valence-electron chi connectivity index (χ4n) is 1.44. The zero-order valence-corrected chi connectivity index (χ0v) is 8.92. The van der Waals surface area contributed by atoms with Crippen molar-refractivity contribution in [3.05, 3.63) is 5.82 Å². The van der Waals surface area contributed by atoms with Gasteiger partial charge < -0.3 is 9.64 Å². The van der Waals surface area contributed by atoms with Crippen LogP contribution in [-0.2, 0) is 4.74 Å². The highest BCUT2D eigenvalue weighted by Gasteiger charge is 2.32. The highest BCUT2D eigenvalue weighted by Crippen LogP contribution is 2.23. The molecule has 1 saturated heterocycles. The molecule has 0 aliphatic carbocycles. The van der Waals surface area contributed by atoms with Crippen molar-refractivity contribution >= 4 is 16.7 Å². The lowest BCUT2D eigenvalue weighted by molar-refractivity contribution is 0.173. The summed E-state index contributed by atoms with van der Waals surface area (Å²) in [7, 11) is 1.83. The van der Waals surface area contributed by atoms with Crippen LogP contribution >= 0.6 is 11.5 Å². The molecule has 78 valence electrons. The topological polar surface area (TPSA) is 38.2 Å². The molecule has 0 saturated carbocycles. The van der Waals surface area contributed by atoms with Crippen LogP contribution in [0, 0.1) is 6.92 Å². The Morgan fingerprint density at radius 1 is 1.57 bits per heavy atom. The van der Waals surface area contributed by atoms with Gasteiger partial charge in [-0.25, -0.2) is 9.37 Å². The lowest BCUT2D eigenvalue weighted by Gasteiger charge is -2.23. The van der Waals surface area contributed by atoms with Gasteiger partial charge in [-0.05, 0) is 6.92 Å². The molecule has 1 aromatic heterocycles. The predicted molar refractivity (Wildman–Crippen MR) is 52.6 cm³/mol. The maximum atomic E-state index is 13.3. The van der Waals surface area contributed by atoms with Gasteiger partial charge in [-0.1, -0.05) is 0 Å². The number of hydrogen-bond acceptors (Lipinski definition) is 5. The minimum absolute atomic E-state index is 0.187. The van der Waals surface area contributed by atoms with E-state index in [0.717, 1.165) is 11.0 Å². The van der Waals surface area contributed by atoms with Gasteiger partial charge in [-0.3, -0.25) is 0 Å². The van der Waals surface area contributed by atoms with E-state index in [0.29, 0.717) is 6.61 Å². The average molecular weight is 217 g/mol. The first-order valence-corrected chi connectivity index (χ1v) is 5.21. The van der Waals surface area contributed by atoms with Crippen LogP contribution in [0.2, 0.25) is 0 Å². The van der Waals surface area contributed by atoms with Crippen LogP contribution < -0.4 is 4.90 Å². The van der Waals surface area contributed by atoms with Crippen LogP contribution in [0.1, 0.15) is 5.82 Å². The summed E-state index contributed by atoms with van der Waals surface area (Å²) >= 11 is 1.29. The second kappa shape index (κ2) is 3.78. The quantitative estimate of drug-likeness (QED) is 0.741. The third-order valence-corrected chi connectivity index (χ3v) is 3.20. The van der Waals surface area contributed by atoms with Crippen LogP contribution in [0.3, 0.4) is 0 Å². The van der Waals surface area contributed by atoms with E-state index < -0.39 is 6.17 Å². The van der Waals surface area contributed by atoms with E-state index in [1.165, 1.54) is 11.5 Å². The number of alkyl halides is 1. The number of nitrogens with zero attached hydrogens (tertiary/aromatic N) is 3. The van der Waals surface area contributed by atoms with E-state index in [1.807, 2.05) is 18.9 Å². The molecular formula is C8H12FN3OS. The molecule has 4 nitrogen and oxygen atoms in total. The molecule has 0 radical (unpaired) electrons. The molecule has 0 amide bonds. The number of ether oxygens (including phenoxy) is 1. The second-order valence-electron chi connectivity index (χ2n) is 3.36. The minimum Gasteiger partial charge on any atom is -0.376 e. The summed E-state index contributed by atoms with van der Waals surface area (Å²) in [4.78, 5) is 6.01. The summed E-state index contributed by atoms with van der Waals surface area (Å²) in [5.74, 6) is 0.728. The minimum atomic E-state index is -0.927. The van der Waals surface area contributed by atoms with E-state index in [4.69, 9.17) is 4.74 Å². The summed E-state index contributed by atoms with van der Waals surface area (Å²) in [6, 6.07) is -0.220. The Bertz CT molecular complexity index is 319. The van der Waals surface area contributed by atoms with Gasteiger partial charge in [-0.15, -0.1) is 0 Å². The van der Waals surface area contributed by atoms with Gasteiger partial charge in [0.15, 0.2) is 0 Å². The van der Waals surface area contributed by atoms with E-state index >= 15 is 0 Å². The molecule has 2 unspecified atom stereocenters. The molecule has 1 aliphatic rings. The Kier molecular flexibility index (Phi) is 2.64. The highest BCUT2D eigenvalue weighted by atomic mass is 32.1. The highest BCUT2D eigenvalue weighted by molar-refractivity contribution is 7.09. The van der Waals surface area contributed by atoms with Crippen LogP contribution in [0.4, 0.5) is 9.52 Å². The summed E-state index contributed by atoms with van der Waals surface area (Å²) in [6.45, 7) is 2.44. The Labute approximate surface area is 85.9 Å². The SMILES string of the molecule is Cc1nsc(N(C)C2COCC2F)n1. The predicted octanol–water partition coefficient (Wildman–Crippen LogP) is 1.02. The third-order valence-electron chi connectivity index (χ3n) is 2.30. The molecule has 0 N–H and O–H groups in total.